The molecule has 5 nitrogen and oxygen atoms in total. The molecule has 1 atom stereocenters. The van der Waals surface area contributed by atoms with Crippen molar-refractivity contribution in [2.24, 2.45) is 5.41 Å². The van der Waals surface area contributed by atoms with Crippen molar-refractivity contribution < 1.29 is 24.1 Å². The third kappa shape index (κ3) is 3.93. The van der Waals surface area contributed by atoms with Gasteiger partial charge >= 0.3 is 0 Å². The molecule has 20 heavy (non-hydrogen) atoms. The molecule has 0 heterocycles. The first-order valence-corrected chi connectivity index (χ1v) is 6.44. The number of aliphatic hydroxyl groups is 1. The molecule has 0 spiro atoms. The van der Waals surface area contributed by atoms with E-state index < -0.39 is 6.10 Å². The third-order valence-electron chi connectivity index (χ3n) is 3.05. The van der Waals surface area contributed by atoms with Crippen LogP contribution in [0.1, 0.15) is 20.8 Å². The fourth-order valence-corrected chi connectivity index (χ4v) is 1.57. The monoisotopic (exact) mass is 284 g/mol. The number of methoxy groups -OCH3 is 3. The highest BCUT2D eigenvalue weighted by Crippen LogP contribution is 2.40. The van der Waals surface area contributed by atoms with E-state index in [2.05, 4.69) is 0 Å². The van der Waals surface area contributed by atoms with Crippen LogP contribution in [0.4, 0.5) is 0 Å². The molecule has 0 fully saturated rings. The number of benzene rings is 1. The molecule has 1 aromatic rings. The summed E-state index contributed by atoms with van der Waals surface area (Å²) in [5.74, 6) is 2.11. The largest absolute Gasteiger partial charge is 0.493 e. The first kappa shape index (κ1) is 16.4. The minimum atomic E-state index is -0.568. The molecule has 0 aliphatic carbocycles. The Hall–Kier alpha value is -1.62. The summed E-state index contributed by atoms with van der Waals surface area (Å²) in [6.45, 7) is 6.06. The van der Waals surface area contributed by atoms with Crippen LogP contribution in [0.5, 0.6) is 23.0 Å². The Bertz CT molecular complexity index is 411. The number of aliphatic hydroxyl groups excluding tert-OH is 1. The van der Waals surface area contributed by atoms with Gasteiger partial charge in [-0.2, -0.15) is 0 Å². The van der Waals surface area contributed by atoms with Crippen molar-refractivity contribution >= 4 is 0 Å². The van der Waals surface area contributed by atoms with E-state index in [1.54, 1.807) is 33.5 Å². The van der Waals surface area contributed by atoms with Crippen LogP contribution in [0.15, 0.2) is 12.1 Å². The van der Waals surface area contributed by atoms with Crippen LogP contribution in [-0.4, -0.2) is 39.1 Å². The van der Waals surface area contributed by atoms with Gasteiger partial charge in [-0.25, -0.2) is 0 Å². The van der Waals surface area contributed by atoms with Gasteiger partial charge in [-0.15, -0.1) is 0 Å². The van der Waals surface area contributed by atoms with E-state index in [9.17, 15) is 5.11 Å². The highest BCUT2D eigenvalue weighted by atomic mass is 16.5. The number of rotatable bonds is 6. The Morgan fingerprint density at radius 2 is 1.50 bits per heavy atom. The minimum Gasteiger partial charge on any atom is -0.493 e. The zero-order valence-corrected chi connectivity index (χ0v) is 13.0. The van der Waals surface area contributed by atoms with Gasteiger partial charge in [0.25, 0.3) is 0 Å². The molecule has 0 bridgehead atoms. The summed E-state index contributed by atoms with van der Waals surface area (Å²) < 4.78 is 21.3. The maximum Gasteiger partial charge on any atom is 0.203 e. The molecule has 0 amide bonds. The number of ether oxygens (including phenoxy) is 4. The topological polar surface area (TPSA) is 57.2 Å². The number of hydrogen-bond donors (Lipinski definition) is 1. The molecule has 0 radical (unpaired) electrons. The van der Waals surface area contributed by atoms with Crippen molar-refractivity contribution in [2.45, 2.75) is 26.9 Å². The van der Waals surface area contributed by atoms with Crippen molar-refractivity contribution in [2.75, 3.05) is 27.9 Å². The molecule has 1 aromatic carbocycles. The average molecular weight is 284 g/mol. The van der Waals surface area contributed by atoms with Crippen LogP contribution < -0.4 is 18.9 Å². The second kappa shape index (κ2) is 6.70. The van der Waals surface area contributed by atoms with Gasteiger partial charge in [-0.1, -0.05) is 20.8 Å². The Morgan fingerprint density at radius 3 is 1.85 bits per heavy atom. The van der Waals surface area contributed by atoms with E-state index in [1.807, 2.05) is 20.8 Å². The van der Waals surface area contributed by atoms with Crippen LogP contribution in [0.25, 0.3) is 0 Å². The Balaban J connectivity index is 2.91. The summed E-state index contributed by atoms with van der Waals surface area (Å²) in [7, 11) is 4.64. The van der Waals surface area contributed by atoms with E-state index in [-0.39, 0.29) is 12.0 Å². The first-order valence-electron chi connectivity index (χ1n) is 6.44. The predicted molar refractivity (Wildman–Crippen MR) is 77.1 cm³/mol. The van der Waals surface area contributed by atoms with Gasteiger partial charge in [-0.3, -0.25) is 0 Å². The van der Waals surface area contributed by atoms with Crippen LogP contribution in [0.3, 0.4) is 0 Å². The lowest BCUT2D eigenvalue weighted by Gasteiger charge is -2.26. The normalized spacial score (nSPS) is 12.8. The Kier molecular flexibility index (Phi) is 5.51. The van der Waals surface area contributed by atoms with Crippen molar-refractivity contribution in [1.82, 2.24) is 0 Å². The van der Waals surface area contributed by atoms with Gasteiger partial charge in [0.1, 0.15) is 12.4 Å². The highest BCUT2D eigenvalue weighted by molar-refractivity contribution is 5.55. The van der Waals surface area contributed by atoms with Crippen molar-refractivity contribution in [3.8, 4) is 23.0 Å². The van der Waals surface area contributed by atoms with Crippen molar-refractivity contribution in [1.29, 1.82) is 0 Å². The lowest BCUT2D eigenvalue weighted by Crippen LogP contribution is -2.31. The van der Waals surface area contributed by atoms with Gasteiger partial charge < -0.3 is 24.1 Å². The van der Waals surface area contributed by atoms with E-state index in [0.29, 0.717) is 23.0 Å². The second-order valence-corrected chi connectivity index (χ2v) is 5.55. The lowest BCUT2D eigenvalue weighted by molar-refractivity contribution is 0.0217. The summed E-state index contributed by atoms with van der Waals surface area (Å²) in [5, 5.41) is 9.99. The second-order valence-electron chi connectivity index (χ2n) is 5.55. The lowest BCUT2D eigenvalue weighted by atomic mass is 9.90. The predicted octanol–water partition coefficient (Wildman–Crippen LogP) is 2.50. The fourth-order valence-electron chi connectivity index (χ4n) is 1.57. The molecule has 114 valence electrons. The SMILES string of the molecule is COc1cc(OCC(O)C(C)(C)C)cc(OC)c1OC. The van der Waals surface area contributed by atoms with Gasteiger partial charge in [0.15, 0.2) is 11.5 Å². The Labute approximate surface area is 120 Å². The summed E-state index contributed by atoms with van der Waals surface area (Å²) in [5.41, 5.74) is -0.235. The highest BCUT2D eigenvalue weighted by Gasteiger charge is 2.23. The molecular formula is C15H24O5. The first-order chi connectivity index (χ1) is 9.33. The Morgan fingerprint density at radius 1 is 1.00 bits per heavy atom. The average Bonchev–Trinajstić information content (AvgIpc) is 2.42. The van der Waals surface area contributed by atoms with E-state index in [0.717, 1.165) is 0 Å². The molecular weight excluding hydrogens is 260 g/mol. The summed E-state index contributed by atoms with van der Waals surface area (Å²) in [4.78, 5) is 0. The van der Waals surface area contributed by atoms with Crippen LogP contribution in [0, 0.1) is 5.41 Å². The van der Waals surface area contributed by atoms with Crippen LogP contribution in [0.2, 0.25) is 0 Å². The quantitative estimate of drug-likeness (QED) is 0.869. The molecule has 0 aliphatic rings. The van der Waals surface area contributed by atoms with Gasteiger partial charge in [0.2, 0.25) is 5.75 Å². The molecule has 1 N–H and O–H groups in total. The maximum atomic E-state index is 9.99. The summed E-state index contributed by atoms with van der Waals surface area (Å²) in [6, 6.07) is 3.41. The van der Waals surface area contributed by atoms with E-state index >= 15 is 0 Å². The number of hydrogen-bond acceptors (Lipinski definition) is 5. The third-order valence-corrected chi connectivity index (χ3v) is 3.05. The molecule has 0 saturated carbocycles. The molecule has 0 aliphatic heterocycles. The maximum absolute atomic E-state index is 9.99. The van der Waals surface area contributed by atoms with Crippen LogP contribution in [-0.2, 0) is 0 Å². The summed E-state index contributed by atoms with van der Waals surface area (Å²) >= 11 is 0. The van der Waals surface area contributed by atoms with E-state index in [4.69, 9.17) is 18.9 Å². The standard InChI is InChI=1S/C15H24O5/c1-15(2,3)13(16)9-20-10-7-11(17-4)14(19-6)12(8-10)18-5/h7-8,13,16H,9H2,1-6H3. The van der Waals surface area contributed by atoms with Gasteiger partial charge in [0, 0.05) is 12.1 Å². The molecule has 0 aromatic heterocycles. The molecule has 5 heteroatoms. The summed E-state index contributed by atoms with van der Waals surface area (Å²) in [6.07, 6.45) is -0.568. The molecule has 0 saturated heterocycles. The fraction of sp³-hybridized carbons (Fsp3) is 0.600. The van der Waals surface area contributed by atoms with Gasteiger partial charge in [0.05, 0.1) is 27.4 Å². The van der Waals surface area contributed by atoms with Gasteiger partial charge in [-0.05, 0) is 5.41 Å². The van der Waals surface area contributed by atoms with Crippen molar-refractivity contribution in [3.63, 3.8) is 0 Å². The van der Waals surface area contributed by atoms with Crippen LogP contribution >= 0.6 is 0 Å². The zero-order valence-electron chi connectivity index (χ0n) is 13.0. The van der Waals surface area contributed by atoms with E-state index in [1.165, 1.54) is 0 Å². The molecule has 1 unspecified atom stereocenters. The molecule has 1 rings (SSSR count). The van der Waals surface area contributed by atoms with Crippen molar-refractivity contribution in [3.05, 3.63) is 12.1 Å². The minimum absolute atomic E-state index is 0.197. The smallest absolute Gasteiger partial charge is 0.203 e. The zero-order chi connectivity index (χ0) is 15.3.